The fraction of sp³-hybridized carbons (Fsp3) is 0.120. The van der Waals surface area contributed by atoms with Crippen LogP contribution in [0.15, 0.2) is 72.8 Å². The first-order valence-electron chi connectivity index (χ1n) is 9.71. The molecular formula is C25H19FN2O3. The Bertz CT molecular complexity index is 1170. The summed E-state index contributed by atoms with van der Waals surface area (Å²) in [5.74, 6) is 0.756. The quantitative estimate of drug-likeness (QED) is 0.550. The van der Waals surface area contributed by atoms with E-state index in [2.05, 4.69) is 6.07 Å². The van der Waals surface area contributed by atoms with Crippen LogP contribution >= 0.6 is 0 Å². The van der Waals surface area contributed by atoms with Crippen molar-refractivity contribution in [1.82, 2.24) is 4.90 Å². The highest BCUT2D eigenvalue weighted by atomic mass is 19.1. The summed E-state index contributed by atoms with van der Waals surface area (Å²) in [5.41, 5.74) is 2.93. The zero-order chi connectivity index (χ0) is 21.6. The number of nitrogens with zero attached hydrogens (tertiary/aromatic N) is 2. The lowest BCUT2D eigenvalue weighted by Gasteiger charge is -2.22. The largest absolute Gasteiger partial charge is 0.454 e. The number of carbonyl (C=O) groups excluding carboxylic acids is 1. The van der Waals surface area contributed by atoms with Gasteiger partial charge in [-0.3, -0.25) is 4.79 Å². The van der Waals surface area contributed by atoms with Gasteiger partial charge in [0.2, 0.25) is 12.7 Å². The smallest absolute Gasteiger partial charge is 0.247 e. The molecule has 0 aliphatic carbocycles. The number of rotatable bonds is 6. The molecule has 154 valence electrons. The molecule has 0 radical (unpaired) electrons. The minimum absolute atomic E-state index is 0.188. The van der Waals surface area contributed by atoms with Gasteiger partial charge >= 0.3 is 0 Å². The lowest BCUT2D eigenvalue weighted by atomic mass is 10.1. The molecule has 0 fully saturated rings. The highest BCUT2D eigenvalue weighted by Crippen LogP contribution is 2.32. The number of benzene rings is 3. The van der Waals surface area contributed by atoms with E-state index in [1.165, 1.54) is 18.2 Å². The van der Waals surface area contributed by atoms with Crippen LogP contribution in [0.4, 0.5) is 4.39 Å². The molecule has 0 aromatic heterocycles. The van der Waals surface area contributed by atoms with Gasteiger partial charge in [-0.15, -0.1) is 0 Å². The topological polar surface area (TPSA) is 62.6 Å². The molecule has 0 N–H and O–H groups in total. The van der Waals surface area contributed by atoms with Crippen LogP contribution in [0.1, 0.15) is 22.3 Å². The van der Waals surface area contributed by atoms with E-state index in [9.17, 15) is 9.18 Å². The summed E-state index contributed by atoms with van der Waals surface area (Å²) in [7, 11) is 0. The Balaban J connectivity index is 1.54. The average Bonchev–Trinajstić information content (AvgIpc) is 3.25. The molecule has 0 unspecified atom stereocenters. The third-order valence-electron chi connectivity index (χ3n) is 4.85. The second kappa shape index (κ2) is 9.14. The van der Waals surface area contributed by atoms with Crippen molar-refractivity contribution in [2.75, 3.05) is 6.79 Å². The van der Waals surface area contributed by atoms with Crippen molar-refractivity contribution in [3.8, 4) is 17.6 Å². The van der Waals surface area contributed by atoms with Gasteiger partial charge in [0, 0.05) is 19.2 Å². The minimum Gasteiger partial charge on any atom is -0.454 e. The third-order valence-corrected chi connectivity index (χ3v) is 4.85. The number of fused-ring (bicyclic) bond motifs is 1. The van der Waals surface area contributed by atoms with Crippen molar-refractivity contribution >= 4 is 12.0 Å². The van der Waals surface area contributed by atoms with E-state index >= 15 is 0 Å². The molecule has 3 aromatic carbocycles. The zero-order valence-corrected chi connectivity index (χ0v) is 16.6. The van der Waals surface area contributed by atoms with E-state index in [-0.39, 0.29) is 25.1 Å². The summed E-state index contributed by atoms with van der Waals surface area (Å²) in [4.78, 5) is 14.6. The Hall–Kier alpha value is -4.11. The van der Waals surface area contributed by atoms with E-state index in [0.29, 0.717) is 29.2 Å². The monoisotopic (exact) mass is 414 g/mol. The summed E-state index contributed by atoms with van der Waals surface area (Å²) in [5, 5.41) is 8.98. The van der Waals surface area contributed by atoms with Crippen molar-refractivity contribution in [1.29, 1.82) is 5.26 Å². The van der Waals surface area contributed by atoms with E-state index in [1.807, 2.05) is 24.3 Å². The molecule has 4 rings (SSSR count). The Kier molecular flexibility index (Phi) is 5.95. The van der Waals surface area contributed by atoms with E-state index < -0.39 is 0 Å². The molecular weight excluding hydrogens is 395 g/mol. The second-order valence-electron chi connectivity index (χ2n) is 7.08. The Morgan fingerprint density at radius 2 is 1.77 bits per heavy atom. The molecule has 0 bridgehead atoms. The number of halogens is 1. The van der Waals surface area contributed by atoms with Crippen LogP contribution in [0.3, 0.4) is 0 Å². The highest BCUT2D eigenvalue weighted by molar-refractivity contribution is 5.91. The van der Waals surface area contributed by atoms with Crippen molar-refractivity contribution < 1.29 is 18.7 Å². The van der Waals surface area contributed by atoms with Crippen LogP contribution in [0.25, 0.3) is 6.08 Å². The molecule has 0 spiro atoms. The van der Waals surface area contributed by atoms with Gasteiger partial charge in [0.15, 0.2) is 11.5 Å². The van der Waals surface area contributed by atoms with Gasteiger partial charge in [0.05, 0.1) is 11.6 Å². The summed E-state index contributed by atoms with van der Waals surface area (Å²) in [6.45, 7) is 0.766. The standard InChI is InChI=1S/C25H19FN2O3/c26-22-3-1-2-21(12-22)16-28(15-20-6-4-19(14-27)5-7-20)25(29)11-9-18-8-10-23-24(13-18)31-17-30-23/h1-13H,15-17H2. The number of hydrogen-bond acceptors (Lipinski definition) is 4. The molecule has 3 aromatic rings. The predicted molar refractivity (Wildman–Crippen MR) is 113 cm³/mol. The first kappa shape index (κ1) is 20.2. The number of amides is 1. The Labute approximate surface area is 179 Å². The van der Waals surface area contributed by atoms with Crippen molar-refractivity contribution in [3.63, 3.8) is 0 Å². The first-order valence-corrected chi connectivity index (χ1v) is 9.71. The normalized spacial score (nSPS) is 12.0. The highest BCUT2D eigenvalue weighted by Gasteiger charge is 2.15. The lowest BCUT2D eigenvalue weighted by molar-refractivity contribution is -0.127. The molecule has 6 heteroatoms. The number of carbonyl (C=O) groups is 1. The molecule has 0 atom stereocenters. The SMILES string of the molecule is N#Cc1ccc(CN(Cc2cccc(F)c2)C(=O)C=Cc2ccc3c(c2)OCO3)cc1. The van der Waals surface area contributed by atoms with E-state index in [4.69, 9.17) is 14.7 Å². The van der Waals surface area contributed by atoms with Gasteiger partial charge < -0.3 is 14.4 Å². The van der Waals surface area contributed by atoms with Gasteiger partial charge in [-0.1, -0.05) is 30.3 Å². The molecule has 1 heterocycles. The predicted octanol–water partition coefficient (Wildman–Crippen LogP) is 4.67. The first-order chi connectivity index (χ1) is 15.1. The summed E-state index contributed by atoms with van der Waals surface area (Å²) < 4.78 is 24.3. The van der Waals surface area contributed by atoms with Crippen LogP contribution in [0, 0.1) is 17.1 Å². The van der Waals surface area contributed by atoms with Crippen LogP contribution in [0.5, 0.6) is 11.5 Å². The molecule has 0 saturated carbocycles. The van der Waals surface area contributed by atoms with E-state index in [0.717, 1.165) is 11.1 Å². The van der Waals surface area contributed by atoms with Crippen LogP contribution < -0.4 is 9.47 Å². The number of ether oxygens (including phenoxy) is 2. The maximum absolute atomic E-state index is 13.6. The average molecular weight is 414 g/mol. The van der Waals surface area contributed by atoms with Crippen LogP contribution in [0.2, 0.25) is 0 Å². The molecule has 31 heavy (non-hydrogen) atoms. The Morgan fingerprint density at radius 3 is 2.55 bits per heavy atom. The van der Waals surface area contributed by atoms with Crippen molar-refractivity contribution in [2.45, 2.75) is 13.1 Å². The van der Waals surface area contributed by atoms with Gasteiger partial charge in [-0.2, -0.15) is 5.26 Å². The molecule has 1 aliphatic rings. The van der Waals surface area contributed by atoms with E-state index in [1.54, 1.807) is 41.3 Å². The maximum Gasteiger partial charge on any atom is 0.247 e. The fourth-order valence-corrected chi connectivity index (χ4v) is 3.26. The summed E-state index contributed by atoms with van der Waals surface area (Å²) >= 11 is 0. The van der Waals surface area contributed by atoms with Crippen molar-refractivity contribution in [2.24, 2.45) is 0 Å². The number of nitriles is 1. The summed E-state index contributed by atoms with van der Waals surface area (Å²) in [6, 6.07) is 20.8. The van der Waals surface area contributed by atoms with Crippen LogP contribution in [-0.4, -0.2) is 17.6 Å². The maximum atomic E-state index is 13.6. The number of hydrogen-bond donors (Lipinski definition) is 0. The minimum atomic E-state index is -0.348. The zero-order valence-electron chi connectivity index (χ0n) is 16.6. The van der Waals surface area contributed by atoms with Gasteiger partial charge in [-0.25, -0.2) is 4.39 Å². The summed E-state index contributed by atoms with van der Waals surface area (Å²) in [6.07, 6.45) is 3.20. The second-order valence-corrected chi connectivity index (χ2v) is 7.08. The molecule has 0 saturated heterocycles. The van der Waals surface area contributed by atoms with Gasteiger partial charge in [0.25, 0.3) is 0 Å². The molecule has 5 nitrogen and oxygen atoms in total. The lowest BCUT2D eigenvalue weighted by Crippen LogP contribution is -2.28. The van der Waals surface area contributed by atoms with Crippen molar-refractivity contribution in [3.05, 3.63) is 101 Å². The van der Waals surface area contributed by atoms with Gasteiger partial charge in [-0.05, 0) is 59.2 Å². The van der Waals surface area contributed by atoms with Gasteiger partial charge in [0.1, 0.15) is 5.82 Å². The Morgan fingerprint density at radius 1 is 1.00 bits per heavy atom. The third kappa shape index (κ3) is 5.09. The molecule has 1 aliphatic heterocycles. The molecule has 1 amide bonds. The van der Waals surface area contributed by atoms with Crippen LogP contribution in [-0.2, 0) is 17.9 Å². The fourth-order valence-electron chi connectivity index (χ4n) is 3.26.